The van der Waals surface area contributed by atoms with Crippen LogP contribution in [-0.2, 0) is 16.1 Å². The third-order valence-electron chi connectivity index (χ3n) is 5.15. The number of rotatable bonds is 5. The fourth-order valence-electron chi connectivity index (χ4n) is 3.45. The predicted octanol–water partition coefficient (Wildman–Crippen LogP) is 5.35. The monoisotopic (exact) mass is 416 g/mol. The molecule has 0 saturated carbocycles. The molecule has 5 heteroatoms. The van der Waals surface area contributed by atoms with E-state index >= 15 is 0 Å². The minimum absolute atomic E-state index is 0.216. The largest absolute Gasteiger partial charge is 0.350 e. The van der Waals surface area contributed by atoms with Gasteiger partial charge in [0.25, 0.3) is 11.8 Å². The topological polar surface area (TPSA) is 49.4 Å². The molecule has 0 bridgehead atoms. The Balaban J connectivity index is 1.75. The third kappa shape index (κ3) is 3.87. The number of amides is 2. The Hall–Kier alpha value is -3.37. The molecule has 0 unspecified atom stereocenters. The molecule has 0 spiro atoms. The summed E-state index contributed by atoms with van der Waals surface area (Å²) >= 11 is 6.15. The maximum Gasteiger partial charge on any atom is 0.278 e. The Morgan fingerprint density at radius 2 is 1.57 bits per heavy atom. The second-order valence-electron chi connectivity index (χ2n) is 7.38. The van der Waals surface area contributed by atoms with Crippen molar-refractivity contribution in [1.82, 2.24) is 4.90 Å². The van der Waals surface area contributed by atoms with Crippen LogP contribution >= 0.6 is 11.6 Å². The van der Waals surface area contributed by atoms with E-state index < -0.39 is 0 Å². The van der Waals surface area contributed by atoms with Crippen LogP contribution < -0.4 is 5.32 Å². The molecule has 1 aliphatic heterocycles. The van der Waals surface area contributed by atoms with Crippen LogP contribution in [0.3, 0.4) is 0 Å². The highest BCUT2D eigenvalue weighted by Gasteiger charge is 2.39. The van der Waals surface area contributed by atoms with Gasteiger partial charge in [-0.05, 0) is 42.7 Å². The van der Waals surface area contributed by atoms with Gasteiger partial charge in [-0.3, -0.25) is 14.5 Å². The Morgan fingerprint density at radius 3 is 2.27 bits per heavy atom. The maximum absolute atomic E-state index is 13.3. The van der Waals surface area contributed by atoms with Crippen LogP contribution in [0.1, 0.15) is 22.3 Å². The van der Waals surface area contributed by atoms with Crippen LogP contribution in [0.15, 0.2) is 78.5 Å². The van der Waals surface area contributed by atoms with Crippen molar-refractivity contribution in [1.29, 1.82) is 0 Å². The van der Waals surface area contributed by atoms with Crippen molar-refractivity contribution in [3.8, 4) is 0 Å². The van der Waals surface area contributed by atoms with E-state index in [0.717, 1.165) is 16.7 Å². The second-order valence-corrected chi connectivity index (χ2v) is 7.82. The number of anilines is 1. The van der Waals surface area contributed by atoms with E-state index in [0.29, 0.717) is 21.8 Å². The zero-order chi connectivity index (χ0) is 21.3. The lowest BCUT2D eigenvalue weighted by Gasteiger charge is -2.16. The summed E-state index contributed by atoms with van der Waals surface area (Å²) in [7, 11) is 0. The average Bonchev–Trinajstić information content (AvgIpc) is 2.97. The fraction of sp³-hybridized carbons (Fsp3) is 0.120. The average molecular weight is 417 g/mol. The molecule has 3 aromatic rings. The van der Waals surface area contributed by atoms with Crippen molar-refractivity contribution < 1.29 is 9.59 Å². The molecule has 1 N–H and O–H groups in total. The zero-order valence-electron chi connectivity index (χ0n) is 16.8. The third-order valence-corrected chi connectivity index (χ3v) is 5.39. The number of nitrogens with one attached hydrogen (secondary N) is 1. The van der Waals surface area contributed by atoms with Crippen LogP contribution in [0.5, 0.6) is 0 Å². The summed E-state index contributed by atoms with van der Waals surface area (Å²) in [6, 6.07) is 22.5. The molecule has 4 rings (SSSR count). The number of halogens is 1. The molecule has 1 heterocycles. The number of benzene rings is 3. The molecule has 1 aliphatic rings. The smallest absolute Gasteiger partial charge is 0.278 e. The van der Waals surface area contributed by atoms with Crippen molar-refractivity contribution in [3.05, 3.63) is 106 Å². The van der Waals surface area contributed by atoms with E-state index in [9.17, 15) is 9.59 Å². The Kier molecular flexibility index (Phi) is 5.42. The highest BCUT2D eigenvalue weighted by molar-refractivity contribution is 6.36. The number of nitrogens with zero attached hydrogens (tertiary/aromatic N) is 1. The first kappa shape index (κ1) is 19.9. The first-order chi connectivity index (χ1) is 14.4. The van der Waals surface area contributed by atoms with Crippen LogP contribution in [0, 0.1) is 13.8 Å². The molecule has 2 amide bonds. The first-order valence-electron chi connectivity index (χ1n) is 9.68. The molecule has 150 valence electrons. The number of hydrogen-bond donors (Lipinski definition) is 1. The van der Waals surface area contributed by atoms with Gasteiger partial charge in [0.05, 0.1) is 12.1 Å². The standard InChI is InChI=1S/C25H21ClN2O2/c1-16-8-11-18(12-9-16)15-28-24(29)22(19-6-4-3-5-7-19)23(25(28)30)27-21-14-20(26)13-10-17(21)2/h3-14,27H,15H2,1-2H3. The molecule has 0 fully saturated rings. The maximum atomic E-state index is 13.3. The second kappa shape index (κ2) is 8.17. The zero-order valence-corrected chi connectivity index (χ0v) is 17.5. The van der Waals surface area contributed by atoms with Gasteiger partial charge in [-0.1, -0.05) is 77.8 Å². The SMILES string of the molecule is Cc1ccc(CN2C(=O)C(Nc3cc(Cl)ccc3C)=C(c3ccccc3)C2=O)cc1. The minimum atomic E-state index is -0.348. The Bertz CT molecular complexity index is 1150. The van der Waals surface area contributed by atoms with Gasteiger partial charge in [0.2, 0.25) is 0 Å². The number of aryl methyl sites for hydroxylation is 2. The first-order valence-corrected chi connectivity index (χ1v) is 10.1. The molecule has 30 heavy (non-hydrogen) atoms. The lowest BCUT2D eigenvalue weighted by Crippen LogP contribution is -2.32. The van der Waals surface area contributed by atoms with E-state index in [1.807, 2.05) is 74.5 Å². The number of carbonyl (C=O) groups is 2. The fourth-order valence-corrected chi connectivity index (χ4v) is 3.62. The highest BCUT2D eigenvalue weighted by atomic mass is 35.5. The lowest BCUT2D eigenvalue weighted by atomic mass is 10.0. The molecule has 0 aromatic heterocycles. The summed E-state index contributed by atoms with van der Waals surface area (Å²) in [5, 5.41) is 3.74. The van der Waals surface area contributed by atoms with Crippen molar-refractivity contribution >= 4 is 34.7 Å². The van der Waals surface area contributed by atoms with Gasteiger partial charge in [-0.25, -0.2) is 0 Å². The van der Waals surface area contributed by atoms with E-state index in [-0.39, 0.29) is 24.1 Å². The van der Waals surface area contributed by atoms with Crippen LogP contribution in [0.4, 0.5) is 5.69 Å². The molecule has 0 saturated heterocycles. The van der Waals surface area contributed by atoms with Crippen molar-refractivity contribution in [3.63, 3.8) is 0 Å². The van der Waals surface area contributed by atoms with Gasteiger partial charge in [0.1, 0.15) is 5.70 Å². The number of imide groups is 1. The summed E-state index contributed by atoms with van der Waals surface area (Å²) in [5.74, 6) is -0.659. The molecule has 0 radical (unpaired) electrons. The van der Waals surface area contributed by atoms with Crippen LogP contribution in [0.25, 0.3) is 5.57 Å². The molecular weight excluding hydrogens is 396 g/mol. The normalized spacial score (nSPS) is 13.9. The van der Waals surface area contributed by atoms with E-state index in [2.05, 4.69) is 5.32 Å². The molecular formula is C25H21ClN2O2. The lowest BCUT2D eigenvalue weighted by molar-refractivity contribution is -0.137. The summed E-state index contributed by atoms with van der Waals surface area (Å²) in [5.41, 5.74) is 4.98. The Morgan fingerprint density at radius 1 is 0.867 bits per heavy atom. The molecule has 0 atom stereocenters. The molecule has 0 aliphatic carbocycles. The molecule has 4 nitrogen and oxygen atoms in total. The van der Waals surface area contributed by atoms with Gasteiger partial charge in [-0.15, -0.1) is 0 Å². The minimum Gasteiger partial charge on any atom is -0.350 e. The van der Waals surface area contributed by atoms with Gasteiger partial charge in [-0.2, -0.15) is 0 Å². The van der Waals surface area contributed by atoms with Crippen molar-refractivity contribution in [2.24, 2.45) is 0 Å². The van der Waals surface area contributed by atoms with E-state index in [1.54, 1.807) is 12.1 Å². The molecule has 3 aromatic carbocycles. The summed E-state index contributed by atoms with van der Waals surface area (Å²) < 4.78 is 0. The highest BCUT2D eigenvalue weighted by Crippen LogP contribution is 2.32. The van der Waals surface area contributed by atoms with Gasteiger partial charge >= 0.3 is 0 Å². The predicted molar refractivity (Wildman–Crippen MR) is 120 cm³/mol. The van der Waals surface area contributed by atoms with Gasteiger partial charge in [0, 0.05) is 10.7 Å². The number of carbonyl (C=O) groups excluding carboxylic acids is 2. The van der Waals surface area contributed by atoms with Crippen LogP contribution in [-0.4, -0.2) is 16.7 Å². The summed E-state index contributed by atoms with van der Waals surface area (Å²) in [6.07, 6.45) is 0. The van der Waals surface area contributed by atoms with Crippen molar-refractivity contribution in [2.75, 3.05) is 5.32 Å². The van der Waals surface area contributed by atoms with Crippen LogP contribution in [0.2, 0.25) is 5.02 Å². The van der Waals surface area contributed by atoms with Gasteiger partial charge in [0.15, 0.2) is 0 Å². The van der Waals surface area contributed by atoms with E-state index in [4.69, 9.17) is 11.6 Å². The van der Waals surface area contributed by atoms with E-state index in [1.165, 1.54) is 4.90 Å². The van der Waals surface area contributed by atoms with Crippen molar-refractivity contribution in [2.45, 2.75) is 20.4 Å². The summed E-state index contributed by atoms with van der Waals surface area (Å²) in [6.45, 7) is 4.14. The van der Waals surface area contributed by atoms with Gasteiger partial charge < -0.3 is 5.32 Å². The Labute approximate surface area is 180 Å². The summed E-state index contributed by atoms with van der Waals surface area (Å²) in [4.78, 5) is 27.9. The number of hydrogen-bond acceptors (Lipinski definition) is 3. The quantitative estimate of drug-likeness (QED) is 0.570.